The molecule has 1 fully saturated rings. The van der Waals surface area contributed by atoms with Crippen LogP contribution < -0.4 is 9.62 Å². The lowest BCUT2D eigenvalue weighted by Crippen LogP contribution is -2.55. The number of aryl methyl sites for hydroxylation is 2. The molecule has 246 valence electrons. The van der Waals surface area contributed by atoms with Gasteiger partial charge in [-0.2, -0.15) is 0 Å². The van der Waals surface area contributed by atoms with Crippen LogP contribution in [0.2, 0.25) is 5.02 Å². The van der Waals surface area contributed by atoms with Gasteiger partial charge in [0.1, 0.15) is 12.6 Å². The number of nitrogens with one attached hydrogen (secondary N) is 1. The van der Waals surface area contributed by atoms with Crippen molar-refractivity contribution in [1.29, 1.82) is 0 Å². The Labute approximate surface area is 283 Å². The van der Waals surface area contributed by atoms with Crippen LogP contribution in [-0.2, 0) is 32.6 Å². The predicted molar refractivity (Wildman–Crippen MR) is 188 cm³/mol. The van der Waals surface area contributed by atoms with Crippen LogP contribution >= 0.6 is 11.6 Å². The first-order valence-electron chi connectivity index (χ1n) is 16.1. The Balaban J connectivity index is 1.58. The Kier molecular flexibility index (Phi) is 11.4. The van der Waals surface area contributed by atoms with E-state index in [9.17, 15) is 18.0 Å². The number of carbonyl (C=O) groups excluding carboxylic acids is 2. The van der Waals surface area contributed by atoms with Crippen molar-refractivity contribution in [2.45, 2.75) is 75.9 Å². The average Bonchev–Trinajstić information content (AvgIpc) is 3.07. The van der Waals surface area contributed by atoms with Gasteiger partial charge >= 0.3 is 0 Å². The standard InChI is InChI=1S/C38H42ClN3O4S/c1-28-21-22-29(2)35(23-28)42(47(45,46)34-19-10-5-11-20-34)27-37(43)41(26-31-15-12-16-32(39)24-31)36(25-30-13-6-3-7-14-30)38(44)40-33-17-8-4-9-18-33/h3,5-7,10-16,19-24,33,36H,4,8-9,17-18,25-27H2,1-2H3,(H,40,44)/t36-/m1/s1. The van der Waals surface area contributed by atoms with Crippen molar-refractivity contribution in [3.8, 4) is 0 Å². The summed E-state index contributed by atoms with van der Waals surface area (Å²) in [4.78, 5) is 30.6. The highest BCUT2D eigenvalue weighted by atomic mass is 35.5. The summed E-state index contributed by atoms with van der Waals surface area (Å²) < 4.78 is 29.7. The zero-order chi connectivity index (χ0) is 33.4. The van der Waals surface area contributed by atoms with Gasteiger partial charge in [0.2, 0.25) is 11.8 Å². The second kappa shape index (κ2) is 15.6. The second-order valence-electron chi connectivity index (χ2n) is 12.3. The molecule has 1 N–H and O–H groups in total. The van der Waals surface area contributed by atoms with E-state index in [1.165, 1.54) is 21.3 Å². The van der Waals surface area contributed by atoms with Crippen LogP contribution in [0.1, 0.15) is 54.4 Å². The molecule has 0 aliphatic heterocycles. The molecule has 1 aliphatic carbocycles. The zero-order valence-electron chi connectivity index (χ0n) is 26.9. The van der Waals surface area contributed by atoms with Gasteiger partial charge in [0, 0.05) is 24.0 Å². The van der Waals surface area contributed by atoms with Gasteiger partial charge < -0.3 is 10.2 Å². The molecule has 9 heteroatoms. The number of benzene rings is 4. The number of anilines is 1. The third-order valence-electron chi connectivity index (χ3n) is 8.71. The maximum Gasteiger partial charge on any atom is 0.264 e. The molecule has 0 aromatic heterocycles. The number of halogens is 1. The summed E-state index contributed by atoms with van der Waals surface area (Å²) >= 11 is 6.36. The first kappa shape index (κ1) is 34.2. The van der Waals surface area contributed by atoms with E-state index in [0.29, 0.717) is 16.3 Å². The highest BCUT2D eigenvalue weighted by Crippen LogP contribution is 2.29. The van der Waals surface area contributed by atoms with Gasteiger partial charge in [-0.05, 0) is 79.3 Å². The summed E-state index contributed by atoms with van der Waals surface area (Å²) in [6.45, 7) is 3.28. The van der Waals surface area contributed by atoms with Crippen LogP contribution in [0.25, 0.3) is 0 Å². The fourth-order valence-electron chi connectivity index (χ4n) is 6.15. The molecule has 0 unspecified atom stereocenters. The quantitative estimate of drug-likeness (QED) is 0.172. The predicted octanol–water partition coefficient (Wildman–Crippen LogP) is 7.24. The van der Waals surface area contributed by atoms with Crippen LogP contribution in [0.3, 0.4) is 0 Å². The van der Waals surface area contributed by atoms with E-state index in [1.54, 1.807) is 42.5 Å². The largest absolute Gasteiger partial charge is 0.352 e. The second-order valence-corrected chi connectivity index (χ2v) is 14.6. The topological polar surface area (TPSA) is 86.8 Å². The number of carbonyl (C=O) groups is 2. The highest BCUT2D eigenvalue weighted by molar-refractivity contribution is 7.92. The lowest BCUT2D eigenvalue weighted by atomic mass is 9.94. The van der Waals surface area contributed by atoms with Crippen molar-refractivity contribution in [2.75, 3.05) is 10.8 Å². The summed E-state index contributed by atoms with van der Waals surface area (Å²) in [5.74, 6) is -0.745. The van der Waals surface area contributed by atoms with Gasteiger partial charge in [-0.15, -0.1) is 0 Å². The molecular formula is C38H42ClN3O4S. The molecule has 1 aliphatic rings. The monoisotopic (exact) mass is 671 g/mol. The van der Waals surface area contributed by atoms with E-state index < -0.39 is 28.5 Å². The smallest absolute Gasteiger partial charge is 0.264 e. The molecule has 2 amide bonds. The minimum atomic E-state index is -4.16. The summed E-state index contributed by atoms with van der Waals surface area (Å²) in [7, 11) is -4.16. The van der Waals surface area contributed by atoms with E-state index in [0.717, 1.165) is 48.8 Å². The lowest BCUT2D eigenvalue weighted by molar-refractivity contribution is -0.140. The number of hydrogen-bond donors (Lipinski definition) is 1. The molecule has 7 nitrogen and oxygen atoms in total. The molecule has 0 bridgehead atoms. The van der Waals surface area contributed by atoms with Crippen molar-refractivity contribution in [2.24, 2.45) is 0 Å². The minimum absolute atomic E-state index is 0.0301. The van der Waals surface area contributed by atoms with E-state index in [4.69, 9.17) is 11.6 Å². The van der Waals surface area contributed by atoms with Crippen molar-refractivity contribution >= 4 is 39.1 Å². The summed E-state index contributed by atoms with van der Waals surface area (Å²) in [6.07, 6.45) is 5.27. The van der Waals surface area contributed by atoms with Crippen LogP contribution in [0.5, 0.6) is 0 Å². The lowest BCUT2D eigenvalue weighted by Gasteiger charge is -2.35. The van der Waals surface area contributed by atoms with Gasteiger partial charge in [-0.25, -0.2) is 8.42 Å². The number of rotatable bonds is 12. The maximum atomic E-state index is 14.7. The van der Waals surface area contributed by atoms with Gasteiger partial charge in [-0.1, -0.05) is 104 Å². The van der Waals surface area contributed by atoms with E-state index in [-0.39, 0.29) is 29.8 Å². The third kappa shape index (κ3) is 8.82. The van der Waals surface area contributed by atoms with Crippen molar-refractivity contribution in [1.82, 2.24) is 10.2 Å². The molecule has 1 saturated carbocycles. The Hall–Kier alpha value is -4.14. The summed E-state index contributed by atoms with van der Waals surface area (Å²) in [5.41, 5.74) is 3.61. The normalized spacial score (nSPS) is 14.3. The molecular weight excluding hydrogens is 630 g/mol. The molecule has 0 saturated heterocycles. The molecule has 5 rings (SSSR count). The van der Waals surface area contributed by atoms with Crippen LogP contribution in [-0.4, -0.2) is 43.8 Å². The van der Waals surface area contributed by atoms with Gasteiger partial charge in [0.25, 0.3) is 10.0 Å². The first-order chi connectivity index (χ1) is 22.6. The fourth-order valence-corrected chi connectivity index (χ4v) is 7.86. The van der Waals surface area contributed by atoms with Crippen molar-refractivity contribution in [3.05, 3.63) is 130 Å². The van der Waals surface area contributed by atoms with Crippen LogP contribution in [0.15, 0.2) is 108 Å². The van der Waals surface area contributed by atoms with Crippen molar-refractivity contribution in [3.63, 3.8) is 0 Å². The van der Waals surface area contributed by atoms with Crippen LogP contribution in [0.4, 0.5) is 5.69 Å². The average molecular weight is 672 g/mol. The summed E-state index contributed by atoms with van der Waals surface area (Å²) in [6, 6.07) is 29.6. The van der Waals surface area contributed by atoms with Gasteiger partial charge in [0.05, 0.1) is 10.6 Å². The Morgan fingerprint density at radius 3 is 2.17 bits per heavy atom. The Morgan fingerprint density at radius 1 is 0.830 bits per heavy atom. The zero-order valence-corrected chi connectivity index (χ0v) is 28.5. The number of sulfonamides is 1. The van der Waals surface area contributed by atoms with Gasteiger partial charge in [0.15, 0.2) is 0 Å². The van der Waals surface area contributed by atoms with E-state index >= 15 is 0 Å². The number of nitrogens with zero attached hydrogens (tertiary/aromatic N) is 2. The van der Waals surface area contributed by atoms with Crippen molar-refractivity contribution < 1.29 is 18.0 Å². The number of hydrogen-bond acceptors (Lipinski definition) is 4. The van der Waals surface area contributed by atoms with E-state index in [2.05, 4.69) is 5.32 Å². The molecule has 4 aromatic rings. The molecule has 0 spiro atoms. The molecule has 4 aromatic carbocycles. The molecule has 0 heterocycles. The minimum Gasteiger partial charge on any atom is -0.352 e. The SMILES string of the molecule is Cc1ccc(C)c(N(CC(=O)N(Cc2cccc(Cl)c2)[C@H](Cc2ccccc2)C(=O)NC2CCCCC2)S(=O)(=O)c2ccccc2)c1. The Morgan fingerprint density at radius 2 is 1.49 bits per heavy atom. The maximum absolute atomic E-state index is 14.7. The molecule has 47 heavy (non-hydrogen) atoms. The van der Waals surface area contributed by atoms with Crippen LogP contribution in [0, 0.1) is 13.8 Å². The molecule has 0 radical (unpaired) electrons. The van der Waals surface area contributed by atoms with E-state index in [1.807, 2.05) is 62.4 Å². The molecule has 1 atom stereocenters. The van der Waals surface area contributed by atoms with Gasteiger partial charge in [-0.3, -0.25) is 13.9 Å². The Bertz CT molecular complexity index is 1780. The highest BCUT2D eigenvalue weighted by Gasteiger charge is 2.36. The fraction of sp³-hybridized carbons (Fsp3) is 0.316. The third-order valence-corrected chi connectivity index (χ3v) is 10.7. The first-order valence-corrected chi connectivity index (χ1v) is 18.0. The summed E-state index contributed by atoms with van der Waals surface area (Å²) in [5, 5.41) is 3.74. The number of amides is 2.